The van der Waals surface area contributed by atoms with Crippen LogP contribution in [0.15, 0.2) is 22.7 Å². The van der Waals surface area contributed by atoms with E-state index in [1.54, 1.807) is 17.9 Å². The van der Waals surface area contributed by atoms with Crippen molar-refractivity contribution in [3.8, 4) is 5.75 Å². The van der Waals surface area contributed by atoms with E-state index in [4.69, 9.17) is 4.74 Å². The highest BCUT2D eigenvalue weighted by molar-refractivity contribution is 9.10. The Hall–Kier alpha value is -1.10. The van der Waals surface area contributed by atoms with E-state index in [1.807, 2.05) is 13.8 Å². The fourth-order valence-corrected chi connectivity index (χ4v) is 2.09. The van der Waals surface area contributed by atoms with Crippen LogP contribution in [0.2, 0.25) is 0 Å². The minimum Gasteiger partial charge on any atom is -0.481 e. The van der Waals surface area contributed by atoms with Crippen LogP contribution in [-0.2, 0) is 4.79 Å². The molecule has 1 amide bonds. The summed E-state index contributed by atoms with van der Waals surface area (Å²) < 4.78 is 19.2. The van der Waals surface area contributed by atoms with Gasteiger partial charge in [0, 0.05) is 23.6 Å². The first-order valence-electron chi connectivity index (χ1n) is 5.89. The number of hydrogen-bond acceptors (Lipinski definition) is 2. The number of carbonyl (C=O) groups is 1. The summed E-state index contributed by atoms with van der Waals surface area (Å²) in [5.41, 5.74) is 0. The molecule has 0 fully saturated rings. The lowest BCUT2D eigenvalue weighted by Crippen LogP contribution is -2.40. The Morgan fingerprint density at radius 2 is 2.00 bits per heavy atom. The average Bonchev–Trinajstić information content (AvgIpc) is 2.28. The predicted molar refractivity (Wildman–Crippen MR) is 72.1 cm³/mol. The van der Waals surface area contributed by atoms with Gasteiger partial charge in [-0.25, -0.2) is 4.39 Å². The molecule has 0 N–H and O–H groups in total. The zero-order chi connectivity index (χ0) is 13.7. The Bertz CT molecular complexity index is 401. The molecule has 0 heterocycles. The molecule has 0 saturated heterocycles. The maximum Gasteiger partial charge on any atom is 0.263 e. The van der Waals surface area contributed by atoms with E-state index in [1.165, 1.54) is 12.1 Å². The number of amides is 1. The van der Waals surface area contributed by atoms with E-state index in [2.05, 4.69) is 15.9 Å². The molecule has 0 aliphatic carbocycles. The van der Waals surface area contributed by atoms with Crippen LogP contribution in [0, 0.1) is 5.82 Å². The molecule has 1 rings (SSSR count). The molecule has 3 nitrogen and oxygen atoms in total. The second-order valence-corrected chi connectivity index (χ2v) is 4.79. The first kappa shape index (κ1) is 15.0. The van der Waals surface area contributed by atoms with Crippen LogP contribution in [0.1, 0.15) is 20.8 Å². The van der Waals surface area contributed by atoms with Gasteiger partial charge < -0.3 is 9.64 Å². The molecular formula is C13H17BrFNO2. The largest absolute Gasteiger partial charge is 0.481 e. The Morgan fingerprint density at radius 3 is 2.50 bits per heavy atom. The highest BCUT2D eigenvalue weighted by Gasteiger charge is 2.19. The third kappa shape index (κ3) is 3.98. The van der Waals surface area contributed by atoms with Crippen molar-refractivity contribution < 1.29 is 13.9 Å². The summed E-state index contributed by atoms with van der Waals surface area (Å²) in [4.78, 5) is 13.7. The molecule has 5 heteroatoms. The summed E-state index contributed by atoms with van der Waals surface area (Å²) >= 11 is 3.18. The third-order valence-corrected chi connectivity index (χ3v) is 3.03. The minimum absolute atomic E-state index is 0.0969. The number of halogens is 2. The van der Waals surface area contributed by atoms with Gasteiger partial charge in [-0.3, -0.25) is 4.79 Å². The maximum absolute atomic E-state index is 13.2. The first-order chi connectivity index (χ1) is 8.47. The van der Waals surface area contributed by atoms with Gasteiger partial charge in [0.2, 0.25) is 0 Å². The summed E-state index contributed by atoms with van der Waals surface area (Å²) in [5, 5.41) is 0. The number of nitrogens with zero attached hydrogens (tertiary/aromatic N) is 1. The molecule has 0 bridgehead atoms. The molecule has 0 aliphatic heterocycles. The highest BCUT2D eigenvalue weighted by atomic mass is 79.9. The number of rotatable bonds is 5. The Morgan fingerprint density at radius 1 is 1.39 bits per heavy atom. The van der Waals surface area contributed by atoms with Crippen LogP contribution in [0.4, 0.5) is 4.39 Å². The van der Waals surface area contributed by atoms with Crippen LogP contribution >= 0.6 is 15.9 Å². The smallest absolute Gasteiger partial charge is 0.263 e. The Balaban J connectivity index is 2.74. The quantitative estimate of drug-likeness (QED) is 0.834. The molecule has 0 aromatic heterocycles. The van der Waals surface area contributed by atoms with Crippen molar-refractivity contribution in [2.45, 2.75) is 26.9 Å². The lowest BCUT2D eigenvalue weighted by molar-refractivity contribution is -0.137. The van der Waals surface area contributed by atoms with Gasteiger partial charge in [-0.2, -0.15) is 0 Å². The van der Waals surface area contributed by atoms with E-state index in [-0.39, 0.29) is 5.91 Å². The number of benzene rings is 1. The first-order valence-corrected chi connectivity index (χ1v) is 6.68. The molecule has 0 saturated carbocycles. The van der Waals surface area contributed by atoms with Gasteiger partial charge in [0.25, 0.3) is 5.91 Å². The number of ether oxygens (including phenoxy) is 1. The van der Waals surface area contributed by atoms with Gasteiger partial charge in [-0.15, -0.1) is 0 Å². The fraction of sp³-hybridized carbons (Fsp3) is 0.462. The van der Waals surface area contributed by atoms with Crippen molar-refractivity contribution in [3.05, 3.63) is 28.5 Å². The topological polar surface area (TPSA) is 29.5 Å². The molecule has 0 aliphatic rings. The minimum atomic E-state index is -0.626. The summed E-state index contributed by atoms with van der Waals surface area (Å²) in [6.07, 6.45) is -0.626. The zero-order valence-corrected chi connectivity index (χ0v) is 12.3. The van der Waals surface area contributed by atoms with Crippen LogP contribution in [0.25, 0.3) is 0 Å². The van der Waals surface area contributed by atoms with Crippen molar-refractivity contribution in [1.29, 1.82) is 0 Å². The second-order valence-electron chi connectivity index (χ2n) is 3.88. The summed E-state index contributed by atoms with van der Waals surface area (Å²) in [7, 11) is 0. The van der Waals surface area contributed by atoms with Crippen molar-refractivity contribution in [1.82, 2.24) is 4.90 Å². The Kier molecular flexibility index (Phi) is 5.59. The molecule has 18 heavy (non-hydrogen) atoms. The molecule has 1 unspecified atom stereocenters. The normalized spacial score (nSPS) is 12.1. The van der Waals surface area contributed by atoms with Crippen LogP contribution in [-0.4, -0.2) is 30.0 Å². The van der Waals surface area contributed by atoms with Crippen molar-refractivity contribution in [3.63, 3.8) is 0 Å². The van der Waals surface area contributed by atoms with E-state index in [0.29, 0.717) is 23.3 Å². The number of carbonyl (C=O) groups excluding carboxylic acids is 1. The lowest BCUT2D eigenvalue weighted by atomic mass is 10.3. The highest BCUT2D eigenvalue weighted by Crippen LogP contribution is 2.21. The van der Waals surface area contributed by atoms with Gasteiger partial charge in [0.05, 0.1) is 0 Å². The Labute approximate surface area is 115 Å². The predicted octanol–water partition coefficient (Wildman–Crippen LogP) is 3.22. The maximum atomic E-state index is 13.2. The average molecular weight is 318 g/mol. The molecule has 100 valence electrons. The van der Waals surface area contributed by atoms with Gasteiger partial charge in [-0.05, 0) is 32.9 Å². The van der Waals surface area contributed by atoms with E-state index in [9.17, 15) is 9.18 Å². The summed E-state index contributed by atoms with van der Waals surface area (Å²) in [6, 6.07) is 4.23. The molecule has 1 aromatic carbocycles. The van der Waals surface area contributed by atoms with Gasteiger partial charge in [0.15, 0.2) is 6.10 Å². The van der Waals surface area contributed by atoms with Crippen LogP contribution < -0.4 is 4.74 Å². The van der Waals surface area contributed by atoms with Crippen molar-refractivity contribution in [2.24, 2.45) is 0 Å². The molecule has 1 aromatic rings. The number of hydrogen-bond donors (Lipinski definition) is 0. The van der Waals surface area contributed by atoms with Gasteiger partial charge in [-0.1, -0.05) is 15.9 Å². The molecule has 0 radical (unpaired) electrons. The fourth-order valence-electron chi connectivity index (χ4n) is 1.64. The van der Waals surface area contributed by atoms with Crippen molar-refractivity contribution >= 4 is 21.8 Å². The summed E-state index contributed by atoms with van der Waals surface area (Å²) in [5.74, 6) is -0.155. The molecule has 1 atom stereocenters. The number of likely N-dealkylation sites (N-methyl/N-ethyl adjacent to an activating group) is 1. The van der Waals surface area contributed by atoms with E-state index < -0.39 is 11.9 Å². The zero-order valence-electron chi connectivity index (χ0n) is 10.7. The van der Waals surface area contributed by atoms with E-state index in [0.717, 1.165) is 0 Å². The van der Waals surface area contributed by atoms with Gasteiger partial charge >= 0.3 is 0 Å². The van der Waals surface area contributed by atoms with E-state index >= 15 is 0 Å². The molecule has 0 spiro atoms. The lowest BCUT2D eigenvalue weighted by Gasteiger charge is -2.23. The van der Waals surface area contributed by atoms with Gasteiger partial charge in [0.1, 0.15) is 11.6 Å². The third-order valence-electron chi connectivity index (χ3n) is 2.57. The summed E-state index contributed by atoms with van der Waals surface area (Å²) in [6.45, 7) is 6.75. The van der Waals surface area contributed by atoms with Crippen LogP contribution in [0.5, 0.6) is 5.75 Å². The second kappa shape index (κ2) is 6.73. The monoisotopic (exact) mass is 317 g/mol. The van der Waals surface area contributed by atoms with Crippen molar-refractivity contribution in [2.75, 3.05) is 13.1 Å². The standard InChI is InChI=1S/C13H17BrFNO2/c1-4-16(5-2)13(17)9(3)18-12-7-10(14)6-11(15)8-12/h6-9H,4-5H2,1-3H3. The van der Waals surface area contributed by atoms with Crippen LogP contribution in [0.3, 0.4) is 0 Å². The molecular weight excluding hydrogens is 301 g/mol. The SMILES string of the molecule is CCN(CC)C(=O)C(C)Oc1cc(F)cc(Br)c1.